The molecule has 194 valence electrons. The highest BCUT2D eigenvalue weighted by atomic mass is 16.3. The van der Waals surface area contributed by atoms with Gasteiger partial charge in [0.2, 0.25) is 0 Å². The Kier molecular flexibility index (Phi) is 5.49. The molecular weight excluding hydrogens is 494 g/mol. The van der Waals surface area contributed by atoms with Gasteiger partial charge in [0, 0.05) is 28.3 Å². The van der Waals surface area contributed by atoms with Crippen molar-refractivity contribution in [3.8, 4) is 16.9 Å². The van der Waals surface area contributed by atoms with Crippen molar-refractivity contribution in [2.24, 2.45) is 15.6 Å². The first-order valence-electron chi connectivity index (χ1n) is 13.5. The fraction of sp³-hybridized carbons (Fsp3) is 0.143. The fourth-order valence-corrected chi connectivity index (χ4v) is 5.99. The van der Waals surface area contributed by atoms with Gasteiger partial charge < -0.3 is 5.11 Å². The highest BCUT2D eigenvalue weighted by molar-refractivity contribution is 6.19. The van der Waals surface area contributed by atoms with Crippen molar-refractivity contribution in [1.82, 2.24) is 4.98 Å². The molecule has 5 nitrogen and oxygen atoms in total. The predicted octanol–water partition coefficient (Wildman–Crippen LogP) is 9.48. The van der Waals surface area contributed by atoms with Crippen LogP contribution >= 0.6 is 0 Å². The van der Waals surface area contributed by atoms with Crippen LogP contribution in [0.5, 0.6) is 5.75 Å². The van der Waals surface area contributed by atoms with Crippen LogP contribution in [0.2, 0.25) is 0 Å². The molecule has 0 amide bonds. The standard InChI is InChI=1S/C35H27N3O2/c1-35(2)19-28-33(30(40)20-35)31(32-25-9-5-3-7-21(25)13-17-27(32)36-28)23-11-15-24(16-12-23)37-38-34-26-10-6-4-8-22(26)14-18-29(34)39/h3-18,39H,19-20H2,1-2H3. The number of hydrogen-bond acceptors (Lipinski definition) is 5. The molecule has 1 aromatic heterocycles. The van der Waals surface area contributed by atoms with E-state index in [-0.39, 0.29) is 16.9 Å². The number of carbonyl (C=O) groups excluding carboxylic acids is 1. The lowest BCUT2D eigenvalue weighted by atomic mass is 9.73. The second-order valence-corrected chi connectivity index (χ2v) is 11.3. The summed E-state index contributed by atoms with van der Waals surface area (Å²) in [4.78, 5) is 18.7. The molecule has 0 spiro atoms. The molecule has 1 aliphatic rings. The zero-order chi connectivity index (χ0) is 27.4. The second-order valence-electron chi connectivity index (χ2n) is 11.3. The molecule has 7 rings (SSSR count). The summed E-state index contributed by atoms with van der Waals surface area (Å²) >= 11 is 0. The quantitative estimate of drug-likeness (QED) is 0.186. The number of benzene rings is 5. The first-order chi connectivity index (χ1) is 19.4. The number of nitrogens with zero attached hydrogens (tertiary/aromatic N) is 3. The van der Waals surface area contributed by atoms with E-state index in [0.29, 0.717) is 17.8 Å². The van der Waals surface area contributed by atoms with Crippen molar-refractivity contribution < 1.29 is 9.90 Å². The third-order valence-electron chi connectivity index (χ3n) is 7.82. The smallest absolute Gasteiger partial charge is 0.165 e. The van der Waals surface area contributed by atoms with Crippen LogP contribution in [0.15, 0.2) is 107 Å². The zero-order valence-corrected chi connectivity index (χ0v) is 22.3. The maximum absolute atomic E-state index is 13.6. The largest absolute Gasteiger partial charge is 0.506 e. The average molecular weight is 522 g/mol. The highest BCUT2D eigenvalue weighted by Gasteiger charge is 2.35. The Bertz CT molecular complexity index is 2010. The molecule has 6 aromatic rings. The maximum Gasteiger partial charge on any atom is 0.165 e. The van der Waals surface area contributed by atoms with Crippen LogP contribution in [0.25, 0.3) is 43.6 Å². The summed E-state index contributed by atoms with van der Waals surface area (Å²) in [6.45, 7) is 4.26. The molecule has 0 atom stereocenters. The molecule has 0 saturated carbocycles. The number of carbonyl (C=O) groups is 1. The van der Waals surface area contributed by atoms with E-state index in [1.54, 1.807) is 6.07 Å². The molecule has 0 unspecified atom stereocenters. The Hall–Kier alpha value is -4.90. The predicted molar refractivity (Wildman–Crippen MR) is 161 cm³/mol. The van der Waals surface area contributed by atoms with Gasteiger partial charge in [-0.1, -0.05) is 86.6 Å². The van der Waals surface area contributed by atoms with Crippen molar-refractivity contribution in [3.63, 3.8) is 0 Å². The molecule has 40 heavy (non-hydrogen) atoms. The van der Waals surface area contributed by atoms with Crippen LogP contribution < -0.4 is 0 Å². The van der Waals surface area contributed by atoms with E-state index in [1.807, 2.05) is 66.7 Å². The summed E-state index contributed by atoms with van der Waals surface area (Å²) in [5.41, 5.74) is 5.35. The van der Waals surface area contributed by atoms with Crippen molar-refractivity contribution >= 4 is 49.6 Å². The number of azo groups is 1. The summed E-state index contributed by atoms with van der Waals surface area (Å²) in [5.74, 6) is 0.223. The Morgan fingerprint density at radius 1 is 0.725 bits per heavy atom. The van der Waals surface area contributed by atoms with Gasteiger partial charge in [-0.05, 0) is 57.8 Å². The summed E-state index contributed by atoms with van der Waals surface area (Å²) in [6.07, 6.45) is 1.25. The molecular formula is C35H27N3O2. The van der Waals surface area contributed by atoms with Crippen LogP contribution in [0.1, 0.15) is 36.3 Å². The number of phenols is 1. The number of aromatic hydroxyl groups is 1. The maximum atomic E-state index is 13.6. The van der Waals surface area contributed by atoms with Crippen molar-refractivity contribution in [2.45, 2.75) is 26.7 Å². The molecule has 5 aromatic carbocycles. The average Bonchev–Trinajstić information content (AvgIpc) is 2.95. The summed E-state index contributed by atoms with van der Waals surface area (Å²) in [6, 6.07) is 31.5. The van der Waals surface area contributed by atoms with Gasteiger partial charge in [-0.2, -0.15) is 5.11 Å². The lowest BCUT2D eigenvalue weighted by Crippen LogP contribution is -2.28. The lowest BCUT2D eigenvalue weighted by molar-refractivity contribution is 0.0911. The number of ketones is 1. The third-order valence-corrected chi connectivity index (χ3v) is 7.82. The number of pyridine rings is 1. The van der Waals surface area contributed by atoms with Gasteiger partial charge in [-0.15, -0.1) is 5.11 Å². The Labute approximate surface area is 231 Å². The van der Waals surface area contributed by atoms with E-state index in [1.165, 1.54) is 0 Å². The van der Waals surface area contributed by atoms with Crippen LogP contribution in [0.3, 0.4) is 0 Å². The van der Waals surface area contributed by atoms with Crippen LogP contribution in [0.4, 0.5) is 11.4 Å². The Balaban J connectivity index is 1.39. The molecule has 1 N–H and O–H groups in total. The Morgan fingerprint density at radius 2 is 1.40 bits per heavy atom. The van der Waals surface area contributed by atoms with Crippen molar-refractivity contribution in [1.29, 1.82) is 0 Å². The van der Waals surface area contributed by atoms with Gasteiger partial charge in [0.1, 0.15) is 11.4 Å². The molecule has 0 radical (unpaired) electrons. The van der Waals surface area contributed by atoms with Crippen molar-refractivity contribution in [3.05, 3.63) is 108 Å². The topological polar surface area (TPSA) is 74.9 Å². The number of Topliss-reactive ketones (excluding diaryl/α,β-unsaturated/α-hetero) is 1. The number of aromatic nitrogens is 1. The minimum Gasteiger partial charge on any atom is -0.506 e. The summed E-state index contributed by atoms with van der Waals surface area (Å²) in [7, 11) is 0. The first-order valence-corrected chi connectivity index (χ1v) is 13.5. The highest BCUT2D eigenvalue weighted by Crippen LogP contribution is 2.44. The van der Waals surface area contributed by atoms with Crippen molar-refractivity contribution in [2.75, 3.05) is 0 Å². The van der Waals surface area contributed by atoms with Gasteiger partial charge in [-0.3, -0.25) is 9.78 Å². The normalized spacial score (nSPS) is 14.8. The van der Waals surface area contributed by atoms with Gasteiger partial charge in [0.25, 0.3) is 0 Å². The monoisotopic (exact) mass is 521 g/mol. The van der Waals surface area contributed by atoms with E-state index < -0.39 is 0 Å². The van der Waals surface area contributed by atoms with Gasteiger partial charge >= 0.3 is 0 Å². The molecule has 1 heterocycles. The minimum atomic E-state index is -0.129. The summed E-state index contributed by atoms with van der Waals surface area (Å²) < 4.78 is 0. The lowest BCUT2D eigenvalue weighted by Gasteiger charge is -2.31. The minimum absolute atomic E-state index is 0.0854. The van der Waals surface area contributed by atoms with Crippen LogP contribution in [-0.2, 0) is 6.42 Å². The van der Waals surface area contributed by atoms with Crippen LogP contribution in [-0.4, -0.2) is 15.9 Å². The number of fused-ring (bicyclic) bond motifs is 5. The molecule has 0 fully saturated rings. The molecule has 5 heteroatoms. The van der Waals surface area contributed by atoms with Gasteiger partial charge in [0.15, 0.2) is 5.78 Å². The zero-order valence-electron chi connectivity index (χ0n) is 22.3. The molecule has 1 aliphatic carbocycles. The number of hydrogen-bond donors (Lipinski definition) is 1. The molecule has 0 saturated heterocycles. The fourth-order valence-electron chi connectivity index (χ4n) is 5.99. The van der Waals surface area contributed by atoms with E-state index in [2.05, 4.69) is 48.3 Å². The number of phenolic OH excluding ortho intramolecular Hbond substituents is 1. The van der Waals surface area contributed by atoms with Gasteiger partial charge in [-0.25, -0.2) is 0 Å². The summed E-state index contributed by atoms with van der Waals surface area (Å²) in [5, 5.41) is 24.3. The SMILES string of the molecule is CC1(C)CC(=O)c2c(nc3ccc4ccccc4c3c2-c2ccc(N=Nc3c(O)ccc4ccccc34)cc2)C1. The Morgan fingerprint density at radius 3 is 2.17 bits per heavy atom. The number of rotatable bonds is 3. The van der Waals surface area contributed by atoms with E-state index in [9.17, 15) is 9.90 Å². The van der Waals surface area contributed by atoms with E-state index in [4.69, 9.17) is 4.98 Å². The van der Waals surface area contributed by atoms with E-state index in [0.717, 1.165) is 61.3 Å². The van der Waals surface area contributed by atoms with Gasteiger partial charge in [0.05, 0.1) is 16.9 Å². The van der Waals surface area contributed by atoms with Crippen LogP contribution in [0, 0.1) is 5.41 Å². The van der Waals surface area contributed by atoms with E-state index >= 15 is 0 Å². The molecule has 0 aliphatic heterocycles. The third kappa shape index (κ3) is 4.02. The molecule has 0 bridgehead atoms. The first kappa shape index (κ1) is 24.2. The second kappa shape index (κ2) is 9.09.